The van der Waals surface area contributed by atoms with Crippen LogP contribution in [0.5, 0.6) is 11.6 Å². The van der Waals surface area contributed by atoms with E-state index >= 15 is 0 Å². The van der Waals surface area contributed by atoms with Crippen LogP contribution in [0.1, 0.15) is 17.1 Å². The van der Waals surface area contributed by atoms with Gasteiger partial charge >= 0.3 is 0 Å². The fourth-order valence-corrected chi connectivity index (χ4v) is 1.34. The number of rotatable bonds is 2. The smallest absolute Gasteiger partial charge is 0.239 e. The van der Waals surface area contributed by atoms with Crippen molar-refractivity contribution < 1.29 is 37.4 Å². The minimum absolute atomic E-state index is 0. The van der Waals surface area contributed by atoms with E-state index in [0.29, 0.717) is 5.88 Å². The summed E-state index contributed by atoms with van der Waals surface area (Å²) in [6, 6.07) is 10.2. The molecular weight excluding hydrogens is 301 g/mol. The first-order valence-electron chi connectivity index (χ1n) is 5.12. The van der Waals surface area contributed by atoms with E-state index in [0.717, 1.165) is 22.8 Å². The Bertz CT molecular complexity index is 501. The van der Waals surface area contributed by atoms with Gasteiger partial charge in [0.2, 0.25) is 5.88 Å². The fourth-order valence-electron chi connectivity index (χ4n) is 1.34. The molecular formula is C14H16N2OY-2. The van der Waals surface area contributed by atoms with Gasteiger partial charge < -0.3 is 12.2 Å². The van der Waals surface area contributed by atoms with Crippen molar-refractivity contribution in [2.24, 2.45) is 0 Å². The quantitative estimate of drug-likeness (QED) is 0.796. The van der Waals surface area contributed by atoms with Gasteiger partial charge in [0.25, 0.3) is 0 Å². The molecule has 0 N–H and O–H groups in total. The molecule has 1 heterocycles. The molecule has 0 saturated heterocycles. The van der Waals surface area contributed by atoms with Crippen LogP contribution in [-0.4, -0.2) is 9.97 Å². The van der Waals surface area contributed by atoms with Crippen molar-refractivity contribution >= 4 is 0 Å². The van der Waals surface area contributed by atoms with Crippen LogP contribution in [0, 0.1) is 34.3 Å². The maximum atomic E-state index is 5.65. The van der Waals surface area contributed by atoms with Gasteiger partial charge in [-0.25, -0.2) is 4.98 Å². The number of hydrogen-bond donors (Lipinski definition) is 0. The average Bonchev–Trinajstić information content (AvgIpc) is 2.27. The normalized spacial score (nSPS) is 9.06. The summed E-state index contributed by atoms with van der Waals surface area (Å²) in [6.07, 6.45) is 0. The van der Waals surface area contributed by atoms with Crippen molar-refractivity contribution in [2.45, 2.75) is 20.8 Å². The standard InChI is InChI=1S/C13H13N2O.CH3.Y/c1-9-10(2)15-13(11(3)14-9)16-12-7-5-4-6-8-12;;/h5-8H,1-3H3;1H3;/q2*-1;. The third kappa shape index (κ3) is 4.14. The first kappa shape index (κ1) is 17.2. The maximum Gasteiger partial charge on any atom is 0.239 e. The van der Waals surface area contributed by atoms with Crippen LogP contribution in [0.4, 0.5) is 0 Å². The van der Waals surface area contributed by atoms with Crippen LogP contribution in [0.2, 0.25) is 0 Å². The molecule has 0 fully saturated rings. The van der Waals surface area contributed by atoms with Gasteiger partial charge in [0.1, 0.15) is 0 Å². The molecule has 2 rings (SSSR count). The van der Waals surface area contributed by atoms with E-state index in [1.54, 1.807) is 12.1 Å². The molecule has 93 valence electrons. The molecule has 0 saturated carbocycles. The molecule has 0 atom stereocenters. The predicted molar refractivity (Wildman–Crippen MR) is 68.0 cm³/mol. The van der Waals surface area contributed by atoms with E-state index in [4.69, 9.17) is 4.74 Å². The number of aromatic nitrogens is 2. The van der Waals surface area contributed by atoms with Gasteiger partial charge in [-0.15, -0.1) is 12.1 Å². The van der Waals surface area contributed by atoms with Crippen molar-refractivity contribution in [3.63, 3.8) is 0 Å². The van der Waals surface area contributed by atoms with Crippen LogP contribution in [0.25, 0.3) is 0 Å². The van der Waals surface area contributed by atoms with Gasteiger partial charge in [-0.2, -0.15) is 18.2 Å². The number of hydrogen-bond acceptors (Lipinski definition) is 3. The Labute approximate surface area is 134 Å². The van der Waals surface area contributed by atoms with Crippen LogP contribution in [0.15, 0.2) is 24.3 Å². The molecule has 0 aliphatic rings. The molecule has 4 heteroatoms. The topological polar surface area (TPSA) is 35.0 Å². The summed E-state index contributed by atoms with van der Waals surface area (Å²) in [5.41, 5.74) is 2.63. The number of aryl methyl sites for hydroxylation is 3. The summed E-state index contributed by atoms with van der Waals surface area (Å²) in [5, 5.41) is 0. The average molecular weight is 317 g/mol. The number of benzene rings is 1. The van der Waals surface area contributed by atoms with Crippen LogP contribution >= 0.6 is 0 Å². The van der Waals surface area contributed by atoms with Crippen molar-refractivity contribution in [3.05, 3.63) is 54.8 Å². The summed E-state index contributed by atoms with van der Waals surface area (Å²) in [5.74, 6) is 1.31. The number of nitrogens with zero attached hydrogens (tertiary/aromatic N) is 2. The summed E-state index contributed by atoms with van der Waals surface area (Å²) in [7, 11) is 0. The Morgan fingerprint density at radius 3 is 2.11 bits per heavy atom. The molecule has 1 aromatic carbocycles. The van der Waals surface area contributed by atoms with Gasteiger partial charge in [-0.05, 0) is 20.8 Å². The fraction of sp³-hybridized carbons (Fsp3) is 0.214. The Balaban J connectivity index is 0.00000144. The Hall–Kier alpha value is -0.796. The van der Waals surface area contributed by atoms with Crippen molar-refractivity contribution in [1.29, 1.82) is 0 Å². The van der Waals surface area contributed by atoms with E-state index in [-0.39, 0.29) is 40.1 Å². The molecule has 1 aromatic heterocycles. The SMILES string of the molecule is Cc1nc(C)c(Oc2cc[c-]cc2)nc1C.[CH3-].[Y]. The van der Waals surface area contributed by atoms with Gasteiger partial charge in [0, 0.05) is 38.5 Å². The molecule has 1 radical (unpaired) electrons. The molecule has 3 nitrogen and oxygen atoms in total. The van der Waals surface area contributed by atoms with Crippen LogP contribution in [0.3, 0.4) is 0 Å². The molecule has 0 bridgehead atoms. The second-order valence-electron chi connectivity index (χ2n) is 3.62. The minimum atomic E-state index is 0. The van der Waals surface area contributed by atoms with E-state index in [9.17, 15) is 0 Å². The van der Waals surface area contributed by atoms with Gasteiger partial charge in [-0.3, -0.25) is 4.98 Å². The monoisotopic (exact) mass is 317 g/mol. The second-order valence-corrected chi connectivity index (χ2v) is 3.62. The third-order valence-electron chi connectivity index (χ3n) is 2.34. The molecule has 0 aliphatic carbocycles. The summed E-state index contributed by atoms with van der Waals surface area (Å²) < 4.78 is 5.65. The Morgan fingerprint density at radius 1 is 0.944 bits per heavy atom. The minimum Gasteiger partial charge on any atom is -0.464 e. The van der Waals surface area contributed by atoms with E-state index in [1.807, 2.05) is 32.9 Å². The Kier molecular flexibility index (Phi) is 7.26. The molecule has 0 amide bonds. The van der Waals surface area contributed by atoms with Gasteiger partial charge in [0.05, 0.1) is 17.1 Å². The molecule has 18 heavy (non-hydrogen) atoms. The van der Waals surface area contributed by atoms with Crippen molar-refractivity contribution in [2.75, 3.05) is 0 Å². The molecule has 0 spiro atoms. The molecule has 0 aliphatic heterocycles. The summed E-state index contributed by atoms with van der Waals surface area (Å²) >= 11 is 0. The van der Waals surface area contributed by atoms with Crippen LogP contribution < -0.4 is 4.74 Å². The zero-order valence-electron chi connectivity index (χ0n) is 11.2. The van der Waals surface area contributed by atoms with E-state index < -0.39 is 0 Å². The van der Waals surface area contributed by atoms with Crippen molar-refractivity contribution in [3.8, 4) is 11.6 Å². The molecule has 0 unspecified atom stereocenters. The first-order chi connectivity index (χ1) is 7.66. The zero-order chi connectivity index (χ0) is 11.5. The molecule has 2 aromatic rings. The zero-order valence-corrected chi connectivity index (χ0v) is 14.0. The van der Waals surface area contributed by atoms with Gasteiger partial charge in [-0.1, -0.05) is 0 Å². The van der Waals surface area contributed by atoms with Crippen molar-refractivity contribution in [1.82, 2.24) is 9.97 Å². The first-order valence-corrected chi connectivity index (χ1v) is 5.12. The largest absolute Gasteiger partial charge is 0.464 e. The summed E-state index contributed by atoms with van der Waals surface area (Å²) in [4.78, 5) is 8.75. The Morgan fingerprint density at radius 2 is 1.50 bits per heavy atom. The summed E-state index contributed by atoms with van der Waals surface area (Å²) in [6.45, 7) is 5.76. The third-order valence-corrected chi connectivity index (χ3v) is 2.34. The maximum absolute atomic E-state index is 5.65. The number of ether oxygens (including phenoxy) is 1. The second kappa shape index (κ2) is 7.60. The van der Waals surface area contributed by atoms with Gasteiger partial charge in [0.15, 0.2) is 0 Å². The van der Waals surface area contributed by atoms with Crippen LogP contribution in [-0.2, 0) is 32.7 Å². The van der Waals surface area contributed by atoms with E-state index in [2.05, 4.69) is 16.0 Å². The van der Waals surface area contributed by atoms with E-state index in [1.165, 1.54) is 0 Å². The predicted octanol–water partition coefficient (Wildman–Crippen LogP) is 3.44.